The first-order valence-electron chi connectivity index (χ1n) is 6.89. The van der Waals surface area contributed by atoms with Crippen LogP contribution in [-0.4, -0.2) is 22.2 Å². The fourth-order valence-corrected chi connectivity index (χ4v) is 1.80. The van der Waals surface area contributed by atoms with Gasteiger partial charge in [0.25, 0.3) is 0 Å². The lowest BCUT2D eigenvalue weighted by Crippen LogP contribution is -2.14. The minimum Gasteiger partial charge on any atom is -0.489 e. The third-order valence-electron chi connectivity index (χ3n) is 2.66. The first-order valence-corrected chi connectivity index (χ1v) is 6.89. The molecule has 0 bridgehead atoms. The summed E-state index contributed by atoms with van der Waals surface area (Å²) in [5.74, 6) is 1.51. The number of hydrogen-bond acceptors (Lipinski definition) is 5. The minimum absolute atomic E-state index is 0.0458. The van der Waals surface area contributed by atoms with Gasteiger partial charge in [-0.1, -0.05) is 12.1 Å². The van der Waals surface area contributed by atoms with Crippen molar-refractivity contribution in [1.82, 2.24) is 10.2 Å². The fourth-order valence-electron chi connectivity index (χ4n) is 1.80. The van der Waals surface area contributed by atoms with Gasteiger partial charge in [-0.05, 0) is 26.0 Å². The molecule has 0 saturated heterocycles. The number of anilines is 1. The molecule has 0 spiro atoms. The van der Waals surface area contributed by atoms with E-state index in [4.69, 9.17) is 9.15 Å². The third kappa shape index (κ3) is 4.59. The molecule has 0 aliphatic carbocycles. The number of ether oxygens (including phenoxy) is 1. The first kappa shape index (κ1) is 15.0. The van der Waals surface area contributed by atoms with Crippen molar-refractivity contribution >= 4 is 11.6 Å². The maximum absolute atomic E-state index is 12.0. The van der Waals surface area contributed by atoms with Crippen LogP contribution in [-0.2, 0) is 11.2 Å². The van der Waals surface area contributed by atoms with Crippen LogP contribution in [0.3, 0.4) is 0 Å². The van der Waals surface area contributed by atoms with Crippen LogP contribution in [0, 0.1) is 6.92 Å². The number of nitrogens with one attached hydrogen (secondary N) is 1. The molecular weight excluding hydrogens is 270 g/mol. The fraction of sp³-hybridized carbons (Fsp3) is 0.400. The number of nitrogens with zero attached hydrogens (tertiary/aromatic N) is 2. The van der Waals surface area contributed by atoms with Gasteiger partial charge in [0.2, 0.25) is 17.7 Å². The second kappa shape index (κ2) is 6.88. The number of aryl methyl sites for hydroxylation is 2. The molecule has 1 N–H and O–H groups in total. The van der Waals surface area contributed by atoms with Crippen molar-refractivity contribution in [2.75, 3.05) is 5.32 Å². The van der Waals surface area contributed by atoms with Crippen molar-refractivity contribution in [3.8, 4) is 5.75 Å². The van der Waals surface area contributed by atoms with Crippen molar-refractivity contribution in [2.24, 2.45) is 0 Å². The molecule has 0 aliphatic heterocycles. The molecule has 2 aromatic rings. The highest BCUT2D eigenvalue weighted by Gasteiger charge is 2.10. The number of carbonyl (C=O) groups is 1. The number of carbonyl (C=O) groups excluding carboxylic acids is 1. The molecule has 1 aromatic carbocycles. The van der Waals surface area contributed by atoms with Gasteiger partial charge in [-0.25, -0.2) is 0 Å². The SMILES string of the molecule is Cc1nnc(CCC(=O)Nc2ccccc2OC(C)C)o1. The van der Waals surface area contributed by atoms with E-state index >= 15 is 0 Å². The van der Waals surface area contributed by atoms with Crippen LogP contribution in [0.2, 0.25) is 0 Å². The maximum Gasteiger partial charge on any atom is 0.224 e. The van der Waals surface area contributed by atoms with E-state index in [9.17, 15) is 4.79 Å². The Labute approximate surface area is 123 Å². The molecule has 1 aromatic heterocycles. The summed E-state index contributed by atoms with van der Waals surface area (Å²) in [7, 11) is 0. The smallest absolute Gasteiger partial charge is 0.224 e. The van der Waals surface area contributed by atoms with Crippen LogP contribution in [0.5, 0.6) is 5.75 Å². The zero-order chi connectivity index (χ0) is 15.2. The summed E-state index contributed by atoms with van der Waals surface area (Å²) in [6.07, 6.45) is 0.738. The highest BCUT2D eigenvalue weighted by molar-refractivity contribution is 5.92. The first-order chi connectivity index (χ1) is 10.0. The van der Waals surface area contributed by atoms with Crippen molar-refractivity contribution in [2.45, 2.75) is 39.7 Å². The second-order valence-corrected chi connectivity index (χ2v) is 4.93. The van der Waals surface area contributed by atoms with Crippen LogP contribution in [0.1, 0.15) is 32.0 Å². The van der Waals surface area contributed by atoms with Gasteiger partial charge in [-0.2, -0.15) is 0 Å². The third-order valence-corrected chi connectivity index (χ3v) is 2.66. The Kier molecular flexibility index (Phi) is 4.92. The van der Waals surface area contributed by atoms with E-state index in [1.807, 2.05) is 38.1 Å². The van der Waals surface area contributed by atoms with Crippen LogP contribution < -0.4 is 10.1 Å². The van der Waals surface area contributed by atoms with Crippen molar-refractivity contribution in [3.63, 3.8) is 0 Å². The molecule has 0 aliphatic rings. The quantitative estimate of drug-likeness (QED) is 0.884. The summed E-state index contributed by atoms with van der Waals surface area (Å²) in [4.78, 5) is 12.0. The van der Waals surface area contributed by atoms with Gasteiger partial charge in [-0.3, -0.25) is 4.79 Å². The number of para-hydroxylation sites is 2. The molecule has 2 rings (SSSR count). The summed E-state index contributed by atoms with van der Waals surface area (Å²) < 4.78 is 10.9. The van der Waals surface area contributed by atoms with E-state index in [1.165, 1.54) is 0 Å². The standard InChI is InChI=1S/C15H19N3O3/c1-10(2)20-13-7-5-4-6-12(13)16-14(19)8-9-15-18-17-11(3)21-15/h4-7,10H,8-9H2,1-3H3,(H,16,19). The van der Waals surface area contributed by atoms with Gasteiger partial charge in [0.15, 0.2) is 0 Å². The average molecular weight is 289 g/mol. The molecule has 0 saturated carbocycles. The Hall–Kier alpha value is -2.37. The van der Waals surface area contributed by atoms with Gasteiger partial charge >= 0.3 is 0 Å². The maximum atomic E-state index is 12.0. The molecule has 1 amide bonds. The predicted octanol–water partition coefficient (Wildman–Crippen LogP) is 2.74. The Morgan fingerprint density at radius 1 is 1.33 bits per heavy atom. The minimum atomic E-state index is -0.120. The zero-order valence-corrected chi connectivity index (χ0v) is 12.4. The molecule has 0 fully saturated rings. The highest BCUT2D eigenvalue weighted by atomic mass is 16.5. The number of hydrogen-bond donors (Lipinski definition) is 1. The Morgan fingerprint density at radius 2 is 2.10 bits per heavy atom. The molecule has 0 unspecified atom stereocenters. The van der Waals surface area contributed by atoms with Crippen LogP contribution in [0.4, 0.5) is 5.69 Å². The summed E-state index contributed by atoms with van der Waals surface area (Å²) in [6, 6.07) is 7.36. The Bertz CT molecular complexity index is 608. The van der Waals surface area contributed by atoms with Gasteiger partial charge in [0, 0.05) is 19.8 Å². The lowest BCUT2D eigenvalue weighted by Gasteiger charge is -2.14. The van der Waals surface area contributed by atoms with Crippen molar-refractivity contribution in [3.05, 3.63) is 36.0 Å². The van der Waals surface area contributed by atoms with E-state index in [0.717, 1.165) is 0 Å². The largest absolute Gasteiger partial charge is 0.489 e. The number of benzene rings is 1. The normalized spacial score (nSPS) is 10.7. The summed E-state index contributed by atoms with van der Waals surface area (Å²) in [5.41, 5.74) is 0.665. The zero-order valence-electron chi connectivity index (χ0n) is 12.4. The van der Waals surface area contributed by atoms with Gasteiger partial charge in [-0.15, -0.1) is 10.2 Å². The molecular formula is C15H19N3O3. The summed E-state index contributed by atoms with van der Waals surface area (Å²) in [6.45, 7) is 5.60. The summed E-state index contributed by atoms with van der Waals surface area (Å²) >= 11 is 0. The van der Waals surface area contributed by atoms with E-state index in [-0.39, 0.29) is 18.4 Å². The van der Waals surface area contributed by atoms with Crippen LogP contribution in [0.15, 0.2) is 28.7 Å². The van der Waals surface area contributed by atoms with E-state index < -0.39 is 0 Å². The topological polar surface area (TPSA) is 77.2 Å². The molecule has 21 heavy (non-hydrogen) atoms. The van der Waals surface area contributed by atoms with Crippen molar-refractivity contribution < 1.29 is 13.9 Å². The lowest BCUT2D eigenvalue weighted by atomic mass is 10.2. The monoisotopic (exact) mass is 289 g/mol. The molecule has 6 heteroatoms. The second-order valence-electron chi connectivity index (χ2n) is 4.93. The van der Waals surface area contributed by atoms with Crippen LogP contribution >= 0.6 is 0 Å². The molecule has 0 atom stereocenters. The lowest BCUT2D eigenvalue weighted by molar-refractivity contribution is -0.116. The predicted molar refractivity (Wildman–Crippen MR) is 78.2 cm³/mol. The molecule has 6 nitrogen and oxygen atoms in total. The van der Waals surface area contributed by atoms with E-state index in [2.05, 4.69) is 15.5 Å². The van der Waals surface area contributed by atoms with E-state index in [0.29, 0.717) is 29.6 Å². The number of amides is 1. The van der Waals surface area contributed by atoms with Crippen LogP contribution in [0.25, 0.3) is 0 Å². The van der Waals surface area contributed by atoms with Gasteiger partial charge in [0.1, 0.15) is 5.75 Å². The average Bonchev–Trinajstić information content (AvgIpc) is 2.84. The molecule has 1 heterocycles. The summed E-state index contributed by atoms with van der Waals surface area (Å²) in [5, 5.41) is 10.4. The van der Waals surface area contributed by atoms with Gasteiger partial charge in [0.05, 0.1) is 11.8 Å². The molecule has 0 radical (unpaired) electrons. The van der Waals surface area contributed by atoms with Gasteiger partial charge < -0.3 is 14.5 Å². The van der Waals surface area contributed by atoms with E-state index in [1.54, 1.807) is 6.92 Å². The van der Waals surface area contributed by atoms with Crippen molar-refractivity contribution in [1.29, 1.82) is 0 Å². The highest BCUT2D eigenvalue weighted by Crippen LogP contribution is 2.25. The number of aromatic nitrogens is 2. The molecule has 112 valence electrons. The Balaban J connectivity index is 1.93. The number of rotatable bonds is 6. The Morgan fingerprint density at radius 3 is 2.76 bits per heavy atom.